The number of carbonyl (C=O) groups is 3. The van der Waals surface area contributed by atoms with Gasteiger partial charge in [0.2, 0.25) is 0 Å². The number of hydrogen-bond donors (Lipinski definition) is 1. The summed E-state index contributed by atoms with van der Waals surface area (Å²) in [6.07, 6.45) is -0.584. The molecule has 7 nitrogen and oxygen atoms in total. The summed E-state index contributed by atoms with van der Waals surface area (Å²) in [5.74, 6) is -0.575. The van der Waals surface area contributed by atoms with Gasteiger partial charge >= 0.3 is 0 Å². The molecule has 1 atom stereocenters. The van der Waals surface area contributed by atoms with Crippen LogP contribution in [-0.4, -0.2) is 52.8 Å². The summed E-state index contributed by atoms with van der Waals surface area (Å²) in [4.78, 5) is 41.2. The lowest BCUT2D eigenvalue weighted by Gasteiger charge is -2.29. The van der Waals surface area contributed by atoms with Gasteiger partial charge in [0.15, 0.2) is 5.75 Å². The Kier molecular flexibility index (Phi) is 4.30. The first-order valence-corrected chi connectivity index (χ1v) is 9.19. The lowest BCUT2D eigenvalue weighted by Crippen LogP contribution is -2.47. The minimum Gasteiger partial charge on any atom is -0.484 e. The van der Waals surface area contributed by atoms with Gasteiger partial charge < -0.3 is 15.4 Å². The Morgan fingerprint density at radius 1 is 0.964 bits per heavy atom. The second-order valence-corrected chi connectivity index (χ2v) is 7.28. The second kappa shape index (κ2) is 6.67. The average Bonchev–Trinajstić information content (AvgIpc) is 2.82. The fourth-order valence-corrected chi connectivity index (χ4v) is 3.66. The van der Waals surface area contributed by atoms with E-state index in [1.165, 1.54) is 4.90 Å². The standard InChI is InChI=1S/C21H21N3O4/c1-12(2)23-10-13(28-18-16(21(23)27)8-5-9-17(18)22)11-24-19(25)14-6-3-4-7-15(14)20(24)26/h3-9,12-13H,10-11,22H2,1-2H3. The van der Waals surface area contributed by atoms with E-state index in [0.29, 0.717) is 28.1 Å². The maximum atomic E-state index is 13.0. The Labute approximate surface area is 162 Å². The maximum Gasteiger partial charge on any atom is 0.261 e. The van der Waals surface area contributed by atoms with E-state index < -0.39 is 6.10 Å². The van der Waals surface area contributed by atoms with Crippen LogP contribution in [0.3, 0.4) is 0 Å². The van der Waals surface area contributed by atoms with Gasteiger partial charge in [-0.25, -0.2) is 0 Å². The van der Waals surface area contributed by atoms with Crippen molar-refractivity contribution in [2.45, 2.75) is 26.0 Å². The molecular weight excluding hydrogens is 358 g/mol. The molecule has 0 radical (unpaired) electrons. The van der Waals surface area contributed by atoms with E-state index in [1.807, 2.05) is 13.8 Å². The highest BCUT2D eigenvalue weighted by Gasteiger charge is 2.39. The third-order valence-corrected chi connectivity index (χ3v) is 5.11. The van der Waals surface area contributed by atoms with Gasteiger partial charge in [-0.05, 0) is 38.1 Å². The lowest BCUT2D eigenvalue weighted by atomic mass is 10.1. The number of nitrogens with zero attached hydrogens (tertiary/aromatic N) is 2. The zero-order valence-corrected chi connectivity index (χ0v) is 15.7. The van der Waals surface area contributed by atoms with E-state index in [0.717, 1.165) is 0 Å². The van der Waals surface area contributed by atoms with Crippen LogP contribution in [0.5, 0.6) is 5.75 Å². The molecule has 2 heterocycles. The Balaban J connectivity index is 1.67. The lowest BCUT2D eigenvalue weighted by molar-refractivity contribution is 0.0499. The molecule has 2 aliphatic heterocycles. The molecule has 0 spiro atoms. The number of para-hydroxylation sites is 1. The van der Waals surface area contributed by atoms with Crippen LogP contribution in [0.4, 0.5) is 5.69 Å². The Bertz CT molecular complexity index is 950. The van der Waals surface area contributed by atoms with Gasteiger partial charge in [-0.15, -0.1) is 0 Å². The van der Waals surface area contributed by atoms with Crippen LogP contribution >= 0.6 is 0 Å². The molecule has 2 aromatic rings. The summed E-state index contributed by atoms with van der Waals surface area (Å²) in [6.45, 7) is 4.11. The quantitative estimate of drug-likeness (QED) is 0.652. The zero-order valence-electron chi connectivity index (χ0n) is 15.7. The number of amides is 3. The summed E-state index contributed by atoms with van der Waals surface area (Å²) in [5.41, 5.74) is 7.56. The van der Waals surface area contributed by atoms with Crippen LogP contribution in [0, 0.1) is 0 Å². The molecule has 0 saturated heterocycles. The molecule has 0 bridgehead atoms. The van der Waals surface area contributed by atoms with Gasteiger partial charge in [-0.1, -0.05) is 18.2 Å². The van der Waals surface area contributed by atoms with Crippen molar-refractivity contribution in [2.24, 2.45) is 0 Å². The summed E-state index contributed by atoms with van der Waals surface area (Å²) >= 11 is 0. The van der Waals surface area contributed by atoms with Crippen LogP contribution < -0.4 is 10.5 Å². The Hall–Kier alpha value is -3.35. The van der Waals surface area contributed by atoms with E-state index in [4.69, 9.17) is 10.5 Å². The molecule has 2 aliphatic rings. The maximum absolute atomic E-state index is 13.0. The van der Waals surface area contributed by atoms with Crippen molar-refractivity contribution in [2.75, 3.05) is 18.8 Å². The van der Waals surface area contributed by atoms with Crippen molar-refractivity contribution in [3.8, 4) is 5.75 Å². The topological polar surface area (TPSA) is 92.9 Å². The van der Waals surface area contributed by atoms with E-state index in [9.17, 15) is 14.4 Å². The number of rotatable bonds is 3. The predicted molar refractivity (Wildman–Crippen MR) is 103 cm³/mol. The first-order valence-electron chi connectivity index (χ1n) is 9.19. The highest BCUT2D eigenvalue weighted by Crippen LogP contribution is 2.32. The monoisotopic (exact) mass is 379 g/mol. The SMILES string of the molecule is CC(C)N1CC(CN2C(=O)c3ccccc3C2=O)Oc2c(N)cccc2C1=O. The number of nitrogen functional groups attached to an aromatic ring is 1. The van der Waals surface area contributed by atoms with Crippen molar-refractivity contribution in [3.05, 3.63) is 59.2 Å². The van der Waals surface area contributed by atoms with E-state index in [-0.39, 0.29) is 36.9 Å². The Morgan fingerprint density at radius 3 is 2.18 bits per heavy atom. The van der Waals surface area contributed by atoms with Crippen molar-refractivity contribution in [3.63, 3.8) is 0 Å². The van der Waals surface area contributed by atoms with Gasteiger partial charge in [-0.2, -0.15) is 0 Å². The van der Waals surface area contributed by atoms with Crippen molar-refractivity contribution in [1.29, 1.82) is 0 Å². The number of imide groups is 1. The van der Waals surface area contributed by atoms with Gasteiger partial charge in [0.25, 0.3) is 17.7 Å². The molecule has 7 heteroatoms. The largest absolute Gasteiger partial charge is 0.484 e. The number of nitrogens with two attached hydrogens (primary N) is 1. The molecule has 4 rings (SSSR count). The molecule has 1 unspecified atom stereocenters. The summed E-state index contributed by atoms with van der Waals surface area (Å²) in [5, 5.41) is 0. The molecule has 0 fully saturated rings. The van der Waals surface area contributed by atoms with Crippen LogP contribution in [0.2, 0.25) is 0 Å². The van der Waals surface area contributed by atoms with Crippen molar-refractivity contribution >= 4 is 23.4 Å². The fraction of sp³-hybridized carbons (Fsp3) is 0.286. The van der Waals surface area contributed by atoms with Gasteiger partial charge in [0, 0.05) is 6.04 Å². The summed E-state index contributed by atoms with van der Waals surface area (Å²) in [7, 11) is 0. The highest BCUT2D eigenvalue weighted by molar-refractivity contribution is 6.21. The number of hydrogen-bond acceptors (Lipinski definition) is 5. The molecular formula is C21H21N3O4. The molecule has 28 heavy (non-hydrogen) atoms. The molecule has 0 saturated carbocycles. The number of carbonyl (C=O) groups excluding carboxylic acids is 3. The second-order valence-electron chi connectivity index (χ2n) is 7.28. The van der Waals surface area contributed by atoms with E-state index >= 15 is 0 Å². The third kappa shape index (κ3) is 2.79. The number of ether oxygens (including phenoxy) is 1. The van der Waals surface area contributed by atoms with Crippen molar-refractivity contribution in [1.82, 2.24) is 9.80 Å². The zero-order chi connectivity index (χ0) is 20.0. The van der Waals surface area contributed by atoms with E-state index in [2.05, 4.69) is 0 Å². The number of anilines is 1. The van der Waals surface area contributed by atoms with E-state index in [1.54, 1.807) is 47.4 Å². The minimum atomic E-state index is -0.584. The first kappa shape index (κ1) is 18.0. The number of fused-ring (bicyclic) bond motifs is 2. The highest BCUT2D eigenvalue weighted by atomic mass is 16.5. The molecule has 144 valence electrons. The first-order chi connectivity index (χ1) is 13.4. The fourth-order valence-electron chi connectivity index (χ4n) is 3.66. The molecule has 0 aliphatic carbocycles. The minimum absolute atomic E-state index is 0.0383. The third-order valence-electron chi connectivity index (χ3n) is 5.11. The van der Waals surface area contributed by atoms with Gasteiger partial charge in [-0.3, -0.25) is 19.3 Å². The predicted octanol–water partition coefficient (Wildman–Crippen LogP) is 2.18. The summed E-state index contributed by atoms with van der Waals surface area (Å²) in [6, 6.07) is 11.7. The molecule has 2 aromatic carbocycles. The van der Waals surface area contributed by atoms with Crippen LogP contribution in [0.25, 0.3) is 0 Å². The normalized spacial score (nSPS) is 18.8. The molecule has 2 N–H and O–H groups in total. The Morgan fingerprint density at radius 2 is 1.57 bits per heavy atom. The van der Waals surface area contributed by atoms with Crippen molar-refractivity contribution < 1.29 is 19.1 Å². The van der Waals surface area contributed by atoms with Crippen LogP contribution in [0.1, 0.15) is 44.9 Å². The molecule has 3 amide bonds. The van der Waals surface area contributed by atoms with Gasteiger partial charge in [0.05, 0.1) is 35.5 Å². The van der Waals surface area contributed by atoms with Crippen LogP contribution in [-0.2, 0) is 0 Å². The van der Waals surface area contributed by atoms with Crippen LogP contribution in [0.15, 0.2) is 42.5 Å². The number of benzene rings is 2. The molecule has 0 aromatic heterocycles. The summed E-state index contributed by atoms with van der Waals surface area (Å²) < 4.78 is 6.06. The smallest absolute Gasteiger partial charge is 0.261 e. The average molecular weight is 379 g/mol. The van der Waals surface area contributed by atoms with Gasteiger partial charge in [0.1, 0.15) is 6.10 Å².